The van der Waals surface area contributed by atoms with E-state index in [1.807, 2.05) is 6.07 Å². The molecule has 0 amide bonds. The summed E-state index contributed by atoms with van der Waals surface area (Å²) in [5.74, 6) is 1.04. The Hall–Kier alpha value is -1.74. The van der Waals surface area contributed by atoms with E-state index in [-0.39, 0.29) is 0 Å². The summed E-state index contributed by atoms with van der Waals surface area (Å²) in [5.41, 5.74) is 1.71. The maximum atomic E-state index is 8.37. The molecular weight excluding hydrogens is 200 g/mol. The Labute approximate surface area is 84.0 Å². The molecule has 2 heterocycles. The molecular formula is C8H6N4OS. The van der Waals surface area contributed by atoms with Crippen molar-refractivity contribution < 1.29 is 4.52 Å². The molecule has 0 unspecified atom stereocenters. The molecule has 0 N–H and O–H groups in total. The molecule has 0 bridgehead atoms. The average molecular weight is 206 g/mol. The fourth-order valence-corrected chi connectivity index (χ4v) is 1.49. The number of aryl methyl sites for hydroxylation is 1. The molecule has 0 fully saturated rings. The highest BCUT2D eigenvalue weighted by atomic mass is 32.1. The van der Waals surface area contributed by atoms with Crippen LogP contribution in [0.4, 0.5) is 0 Å². The highest BCUT2D eigenvalue weighted by Gasteiger charge is 2.08. The van der Waals surface area contributed by atoms with Crippen LogP contribution in [0.25, 0.3) is 10.7 Å². The van der Waals surface area contributed by atoms with Gasteiger partial charge in [0.05, 0.1) is 16.5 Å². The van der Waals surface area contributed by atoms with E-state index in [1.54, 1.807) is 11.7 Å². The van der Waals surface area contributed by atoms with Crippen LogP contribution in [0.3, 0.4) is 0 Å². The number of hydrogen-bond donors (Lipinski definition) is 0. The molecule has 2 aromatic rings. The number of aromatic nitrogens is 3. The van der Waals surface area contributed by atoms with Gasteiger partial charge in [-0.2, -0.15) is 10.2 Å². The standard InChI is InChI=1S/C8H6N4OS/c9-3-1-2-7-11-8(12-13-7)6-4-10-5-14-6/h4-5H,1-2H2. The number of rotatable bonds is 3. The summed E-state index contributed by atoms with van der Waals surface area (Å²) >= 11 is 1.45. The highest BCUT2D eigenvalue weighted by molar-refractivity contribution is 7.13. The van der Waals surface area contributed by atoms with Crippen molar-refractivity contribution in [1.82, 2.24) is 15.1 Å². The van der Waals surface area contributed by atoms with Gasteiger partial charge >= 0.3 is 0 Å². The summed E-state index contributed by atoms with van der Waals surface area (Å²) in [5, 5.41) is 12.2. The first-order valence-corrected chi connectivity index (χ1v) is 4.86. The second kappa shape index (κ2) is 3.98. The van der Waals surface area contributed by atoms with Crippen LogP contribution in [-0.2, 0) is 6.42 Å². The van der Waals surface area contributed by atoms with Gasteiger partial charge in [-0.3, -0.25) is 4.98 Å². The van der Waals surface area contributed by atoms with Gasteiger partial charge in [-0.25, -0.2) is 0 Å². The minimum absolute atomic E-state index is 0.393. The largest absolute Gasteiger partial charge is 0.339 e. The molecule has 0 radical (unpaired) electrons. The van der Waals surface area contributed by atoms with E-state index in [2.05, 4.69) is 15.1 Å². The molecule has 0 aliphatic heterocycles. The van der Waals surface area contributed by atoms with Gasteiger partial charge in [0, 0.05) is 19.0 Å². The van der Waals surface area contributed by atoms with E-state index in [0.29, 0.717) is 24.6 Å². The van der Waals surface area contributed by atoms with E-state index in [0.717, 1.165) is 4.88 Å². The number of hydrogen-bond acceptors (Lipinski definition) is 6. The number of nitriles is 1. The van der Waals surface area contributed by atoms with Gasteiger partial charge in [0.1, 0.15) is 0 Å². The first-order valence-electron chi connectivity index (χ1n) is 3.98. The Morgan fingerprint density at radius 1 is 1.57 bits per heavy atom. The van der Waals surface area contributed by atoms with Crippen molar-refractivity contribution in [3.63, 3.8) is 0 Å². The van der Waals surface area contributed by atoms with Crippen LogP contribution in [0.15, 0.2) is 16.2 Å². The second-order valence-corrected chi connectivity index (χ2v) is 3.42. The highest BCUT2D eigenvalue weighted by Crippen LogP contribution is 2.19. The van der Waals surface area contributed by atoms with Crippen molar-refractivity contribution in [1.29, 1.82) is 5.26 Å². The maximum absolute atomic E-state index is 8.37. The Balaban J connectivity index is 2.15. The zero-order valence-electron chi connectivity index (χ0n) is 7.17. The SMILES string of the molecule is N#CCCc1nc(-c2cncs2)no1. The fourth-order valence-electron chi connectivity index (χ4n) is 0.946. The van der Waals surface area contributed by atoms with E-state index in [1.165, 1.54) is 11.3 Å². The van der Waals surface area contributed by atoms with Crippen LogP contribution in [0.2, 0.25) is 0 Å². The summed E-state index contributed by atoms with van der Waals surface area (Å²) < 4.78 is 4.96. The molecule has 2 aromatic heterocycles. The molecule has 0 atom stereocenters. The van der Waals surface area contributed by atoms with E-state index in [4.69, 9.17) is 9.78 Å². The molecule has 6 heteroatoms. The minimum Gasteiger partial charge on any atom is -0.339 e. The van der Waals surface area contributed by atoms with Gasteiger partial charge in [-0.1, -0.05) is 5.16 Å². The van der Waals surface area contributed by atoms with Crippen LogP contribution in [0.5, 0.6) is 0 Å². The minimum atomic E-state index is 0.393. The first kappa shape index (κ1) is 8.84. The van der Waals surface area contributed by atoms with E-state index in [9.17, 15) is 0 Å². The lowest BCUT2D eigenvalue weighted by molar-refractivity contribution is 0.380. The van der Waals surface area contributed by atoms with E-state index < -0.39 is 0 Å². The fraction of sp³-hybridized carbons (Fsp3) is 0.250. The summed E-state index contributed by atoms with van der Waals surface area (Å²) in [4.78, 5) is 8.92. The normalized spacial score (nSPS) is 9.93. The van der Waals surface area contributed by atoms with Crippen LogP contribution >= 0.6 is 11.3 Å². The average Bonchev–Trinajstić information content (AvgIpc) is 2.85. The smallest absolute Gasteiger partial charge is 0.228 e. The van der Waals surface area contributed by atoms with Crippen molar-refractivity contribution in [3.8, 4) is 16.8 Å². The first-order chi connectivity index (χ1) is 6.90. The zero-order chi connectivity index (χ0) is 9.80. The molecule has 5 nitrogen and oxygen atoms in total. The number of nitrogens with zero attached hydrogens (tertiary/aromatic N) is 4. The van der Waals surface area contributed by atoms with E-state index >= 15 is 0 Å². The van der Waals surface area contributed by atoms with Gasteiger partial charge in [-0.05, 0) is 0 Å². The molecule has 70 valence electrons. The third-order valence-electron chi connectivity index (χ3n) is 1.57. The van der Waals surface area contributed by atoms with Gasteiger partial charge < -0.3 is 4.52 Å². The van der Waals surface area contributed by atoms with Crippen molar-refractivity contribution >= 4 is 11.3 Å². The summed E-state index contributed by atoms with van der Waals surface area (Å²) in [6.07, 6.45) is 2.58. The van der Waals surface area contributed by atoms with Gasteiger partial charge in [0.2, 0.25) is 11.7 Å². The Morgan fingerprint density at radius 3 is 3.21 bits per heavy atom. The molecule has 2 rings (SSSR count). The molecule has 0 saturated carbocycles. The molecule has 0 aliphatic carbocycles. The third kappa shape index (κ3) is 1.78. The monoisotopic (exact) mass is 206 g/mol. The predicted octanol–water partition coefficient (Wildman–Crippen LogP) is 1.65. The van der Waals surface area contributed by atoms with Crippen LogP contribution in [0.1, 0.15) is 12.3 Å². The molecule has 0 spiro atoms. The van der Waals surface area contributed by atoms with Crippen LogP contribution < -0.4 is 0 Å². The van der Waals surface area contributed by atoms with Gasteiger partial charge in [0.15, 0.2) is 0 Å². The quantitative estimate of drug-likeness (QED) is 0.763. The van der Waals surface area contributed by atoms with Crippen molar-refractivity contribution in [2.24, 2.45) is 0 Å². The molecule has 0 aromatic carbocycles. The van der Waals surface area contributed by atoms with Crippen LogP contribution in [0, 0.1) is 11.3 Å². The molecule has 14 heavy (non-hydrogen) atoms. The van der Waals surface area contributed by atoms with Crippen molar-refractivity contribution in [2.45, 2.75) is 12.8 Å². The molecule has 0 saturated heterocycles. The third-order valence-corrected chi connectivity index (χ3v) is 2.34. The summed E-state index contributed by atoms with van der Waals surface area (Å²) in [6, 6.07) is 2.02. The van der Waals surface area contributed by atoms with Crippen molar-refractivity contribution in [2.75, 3.05) is 0 Å². The predicted molar refractivity (Wildman–Crippen MR) is 49.3 cm³/mol. The molecule has 0 aliphatic rings. The maximum Gasteiger partial charge on any atom is 0.228 e. The lowest BCUT2D eigenvalue weighted by Crippen LogP contribution is -1.82. The summed E-state index contributed by atoms with van der Waals surface area (Å²) in [7, 11) is 0. The number of thiazole rings is 1. The Morgan fingerprint density at radius 2 is 2.50 bits per heavy atom. The lowest BCUT2D eigenvalue weighted by Gasteiger charge is -1.82. The van der Waals surface area contributed by atoms with Gasteiger partial charge in [-0.15, -0.1) is 11.3 Å². The Bertz CT molecular complexity index is 442. The second-order valence-electron chi connectivity index (χ2n) is 2.54. The topological polar surface area (TPSA) is 75.6 Å². The zero-order valence-corrected chi connectivity index (χ0v) is 7.99. The Kier molecular flexibility index (Phi) is 2.51. The van der Waals surface area contributed by atoms with Crippen molar-refractivity contribution in [3.05, 3.63) is 17.6 Å². The van der Waals surface area contributed by atoms with Crippen LogP contribution in [-0.4, -0.2) is 15.1 Å². The lowest BCUT2D eigenvalue weighted by atomic mass is 10.3. The van der Waals surface area contributed by atoms with Gasteiger partial charge in [0.25, 0.3) is 0 Å². The summed E-state index contributed by atoms with van der Waals surface area (Å²) in [6.45, 7) is 0.